The molecule has 0 amide bonds. The minimum Gasteiger partial charge on any atom is -0.462 e. The zero-order valence-electron chi connectivity index (χ0n) is 15.9. The third kappa shape index (κ3) is 3.86. The molecule has 3 rings (SSSR count). The minimum absolute atomic E-state index is 0.252. The van der Waals surface area contributed by atoms with Gasteiger partial charge in [0.05, 0.1) is 23.3 Å². The van der Waals surface area contributed by atoms with E-state index in [1.165, 1.54) is 0 Å². The molecule has 0 saturated carbocycles. The van der Waals surface area contributed by atoms with Gasteiger partial charge in [-0.3, -0.25) is 4.98 Å². The number of aromatic nitrogens is 1. The van der Waals surface area contributed by atoms with Crippen molar-refractivity contribution in [3.05, 3.63) is 64.8 Å². The number of rotatable bonds is 4. The number of carbonyl (C=O) groups excluding carboxylic acids is 1. The van der Waals surface area contributed by atoms with Gasteiger partial charge in [-0.15, -0.1) is 0 Å². The van der Waals surface area contributed by atoms with Crippen molar-refractivity contribution < 1.29 is 22.7 Å². The van der Waals surface area contributed by atoms with Gasteiger partial charge in [0.1, 0.15) is 0 Å². The molecule has 0 aliphatic carbocycles. The molecule has 3 nitrogen and oxygen atoms in total. The molecule has 146 valence electrons. The monoisotopic (exact) mass is 387 g/mol. The molecule has 0 aliphatic rings. The van der Waals surface area contributed by atoms with Gasteiger partial charge < -0.3 is 4.74 Å². The topological polar surface area (TPSA) is 39.2 Å². The standard InChI is InChI=1S/C22H20F3NO2/c1-4-17-10-13(3)18-11-16(22(23,24)25)12-19(20(18)26-17)14-6-8-15(9-7-14)21(27)28-5-2/h6-12H,4-5H2,1-3H3. The van der Waals surface area contributed by atoms with Gasteiger partial charge in [0.2, 0.25) is 0 Å². The van der Waals surface area contributed by atoms with Crippen LogP contribution in [0.25, 0.3) is 22.0 Å². The van der Waals surface area contributed by atoms with Gasteiger partial charge in [-0.05, 0) is 61.7 Å². The third-order valence-electron chi connectivity index (χ3n) is 4.57. The largest absolute Gasteiger partial charge is 0.462 e. The van der Waals surface area contributed by atoms with Crippen molar-refractivity contribution in [2.45, 2.75) is 33.4 Å². The second-order valence-electron chi connectivity index (χ2n) is 6.50. The predicted octanol–water partition coefficient (Wildman–Crippen LogP) is 5.97. The molecule has 28 heavy (non-hydrogen) atoms. The summed E-state index contributed by atoms with van der Waals surface area (Å²) in [5.74, 6) is -0.467. The van der Waals surface area contributed by atoms with E-state index in [0.717, 1.165) is 23.4 Å². The number of benzene rings is 2. The van der Waals surface area contributed by atoms with Crippen LogP contribution in [-0.4, -0.2) is 17.6 Å². The first-order chi connectivity index (χ1) is 13.2. The first-order valence-electron chi connectivity index (χ1n) is 9.03. The van der Waals surface area contributed by atoms with Crippen LogP contribution in [0, 0.1) is 6.92 Å². The van der Waals surface area contributed by atoms with Gasteiger partial charge in [-0.2, -0.15) is 13.2 Å². The summed E-state index contributed by atoms with van der Waals surface area (Å²) < 4.78 is 45.3. The Kier molecular flexibility index (Phi) is 5.40. The predicted molar refractivity (Wildman–Crippen MR) is 102 cm³/mol. The molecule has 0 fully saturated rings. The van der Waals surface area contributed by atoms with E-state index in [-0.39, 0.29) is 6.61 Å². The molecule has 0 spiro atoms. The van der Waals surface area contributed by atoms with Gasteiger partial charge in [-0.25, -0.2) is 4.79 Å². The summed E-state index contributed by atoms with van der Waals surface area (Å²) in [7, 11) is 0. The van der Waals surface area contributed by atoms with E-state index in [1.807, 2.05) is 13.0 Å². The highest BCUT2D eigenvalue weighted by Gasteiger charge is 2.32. The molecule has 0 N–H and O–H groups in total. The summed E-state index contributed by atoms with van der Waals surface area (Å²) in [6, 6.07) is 10.4. The van der Waals surface area contributed by atoms with Crippen LogP contribution >= 0.6 is 0 Å². The van der Waals surface area contributed by atoms with Crippen LogP contribution in [-0.2, 0) is 17.3 Å². The minimum atomic E-state index is -4.47. The number of halogens is 3. The Morgan fingerprint density at radius 1 is 1.07 bits per heavy atom. The Hall–Kier alpha value is -2.89. The fourth-order valence-corrected chi connectivity index (χ4v) is 3.12. The normalized spacial score (nSPS) is 11.6. The van der Waals surface area contributed by atoms with E-state index in [1.54, 1.807) is 38.1 Å². The highest BCUT2D eigenvalue weighted by Crippen LogP contribution is 2.37. The van der Waals surface area contributed by atoms with Gasteiger partial charge in [0, 0.05) is 16.6 Å². The zero-order valence-corrected chi connectivity index (χ0v) is 15.9. The van der Waals surface area contributed by atoms with Crippen LogP contribution in [0.2, 0.25) is 0 Å². The number of hydrogen-bond donors (Lipinski definition) is 0. The fourth-order valence-electron chi connectivity index (χ4n) is 3.12. The first kappa shape index (κ1) is 19.9. The number of hydrogen-bond acceptors (Lipinski definition) is 3. The highest BCUT2D eigenvalue weighted by atomic mass is 19.4. The molecular weight excluding hydrogens is 367 g/mol. The lowest BCUT2D eigenvalue weighted by molar-refractivity contribution is -0.137. The Bertz CT molecular complexity index is 1020. The average Bonchev–Trinajstić information content (AvgIpc) is 2.66. The number of carbonyl (C=O) groups is 1. The number of aryl methyl sites for hydroxylation is 2. The molecule has 1 heterocycles. The molecular formula is C22H20F3NO2. The van der Waals surface area contributed by atoms with Crippen molar-refractivity contribution >= 4 is 16.9 Å². The maximum absolute atomic E-state index is 13.5. The second kappa shape index (κ2) is 7.62. The van der Waals surface area contributed by atoms with Crippen molar-refractivity contribution in [2.75, 3.05) is 6.61 Å². The summed E-state index contributed by atoms with van der Waals surface area (Å²) in [5.41, 5.74) is 2.65. The van der Waals surface area contributed by atoms with E-state index >= 15 is 0 Å². The van der Waals surface area contributed by atoms with Crippen molar-refractivity contribution in [3.8, 4) is 11.1 Å². The second-order valence-corrected chi connectivity index (χ2v) is 6.50. The molecule has 1 aromatic heterocycles. The zero-order chi connectivity index (χ0) is 20.5. The van der Waals surface area contributed by atoms with Crippen LogP contribution < -0.4 is 0 Å². The van der Waals surface area contributed by atoms with Gasteiger partial charge in [0.25, 0.3) is 0 Å². The first-order valence-corrected chi connectivity index (χ1v) is 9.03. The molecule has 2 aromatic carbocycles. The Balaban J connectivity index is 2.23. The third-order valence-corrected chi connectivity index (χ3v) is 4.57. The van der Waals surface area contributed by atoms with Crippen LogP contribution in [0.3, 0.4) is 0 Å². The number of ether oxygens (including phenoxy) is 1. The SMILES string of the molecule is CCOC(=O)c1ccc(-c2cc(C(F)(F)F)cc3c(C)cc(CC)nc23)cc1. The molecule has 3 aromatic rings. The van der Waals surface area contributed by atoms with E-state index in [4.69, 9.17) is 4.74 Å². The molecule has 6 heteroatoms. The number of pyridine rings is 1. The number of esters is 1. The molecule has 0 radical (unpaired) electrons. The average molecular weight is 387 g/mol. The van der Waals surface area contributed by atoms with Crippen molar-refractivity contribution in [3.63, 3.8) is 0 Å². The number of nitrogens with zero attached hydrogens (tertiary/aromatic N) is 1. The smallest absolute Gasteiger partial charge is 0.416 e. The molecule has 0 atom stereocenters. The van der Waals surface area contributed by atoms with E-state index in [9.17, 15) is 18.0 Å². The van der Waals surface area contributed by atoms with Gasteiger partial charge >= 0.3 is 12.1 Å². The Morgan fingerprint density at radius 2 is 1.75 bits per heavy atom. The lowest BCUT2D eigenvalue weighted by Crippen LogP contribution is -2.06. The fraction of sp³-hybridized carbons (Fsp3) is 0.273. The Labute approximate surface area is 161 Å². The lowest BCUT2D eigenvalue weighted by atomic mass is 9.95. The van der Waals surface area contributed by atoms with Crippen molar-refractivity contribution in [1.29, 1.82) is 0 Å². The lowest BCUT2D eigenvalue weighted by Gasteiger charge is -2.15. The van der Waals surface area contributed by atoms with Crippen molar-refractivity contribution in [1.82, 2.24) is 4.98 Å². The summed E-state index contributed by atoms with van der Waals surface area (Å²) in [5, 5.41) is 0.469. The summed E-state index contributed by atoms with van der Waals surface area (Å²) in [6.07, 6.45) is -3.79. The Morgan fingerprint density at radius 3 is 2.32 bits per heavy atom. The quantitative estimate of drug-likeness (QED) is 0.518. The summed E-state index contributed by atoms with van der Waals surface area (Å²) in [4.78, 5) is 16.4. The van der Waals surface area contributed by atoms with Crippen LogP contribution in [0.5, 0.6) is 0 Å². The van der Waals surface area contributed by atoms with E-state index < -0.39 is 17.7 Å². The van der Waals surface area contributed by atoms with E-state index in [0.29, 0.717) is 34.0 Å². The summed E-state index contributed by atoms with van der Waals surface area (Å²) >= 11 is 0. The highest BCUT2D eigenvalue weighted by molar-refractivity contribution is 5.97. The van der Waals surface area contributed by atoms with Crippen LogP contribution in [0.15, 0.2) is 42.5 Å². The van der Waals surface area contributed by atoms with Gasteiger partial charge in [0.15, 0.2) is 0 Å². The maximum Gasteiger partial charge on any atom is 0.416 e. The summed E-state index contributed by atoms with van der Waals surface area (Å²) in [6.45, 7) is 5.70. The molecule has 0 unspecified atom stereocenters. The van der Waals surface area contributed by atoms with Crippen LogP contribution in [0.4, 0.5) is 13.2 Å². The molecule has 0 bridgehead atoms. The molecule has 0 saturated heterocycles. The van der Waals surface area contributed by atoms with E-state index in [2.05, 4.69) is 4.98 Å². The van der Waals surface area contributed by atoms with Gasteiger partial charge in [-0.1, -0.05) is 19.1 Å². The van der Waals surface area contributed by atoms with Crippen LogP contribution in [0.1, 0.15) is 41.0 Å². The maximum atomic E-state index is 13.5. The number of fused-ring (bicyclic) bond motifs is 1. The van der Waals surface area contributed by atoms with Crippen molar-refractivity contribution in [2.24, 2.45) is 0 Å². The molecule has 0 aliphatic heterocycles. The number of alkyl halides is 3.